The molecule has 8 nitrogen and oxygen atoms in total. The zero-order chi connectivity index (χ0) is 22.9. The summed E-state index contributed by atoms with van der Waals surface area (Å²) < 4.78 is 3.53. The Balaban J connectivity index is 0.00000274. The number of thiazole rings is 1. The molecule has 1 unspecified atom stereocenters. The van der Waals surface area contributed by atoms with Crippen LogP contribution >= 0.6 is 23.7 Å². The number of aryl methyl sites for hydroxylation is 1. The zero-order valence-electron chi connectivity index (χ0n) is 18.8. The van der Waals surface area contributed by atoms with E-state index < -0.39 is 0 Å². The average molecular weight is 496 g/mol. The predicted molar refractivity (Wildman–Crippen MR) is 137 cm³/mol. The van der Waals surface area contributed by atoms with Crippen molar-refractivity contribution in [3.05, 3.63) is 74.2 Å². The zero-order valence-corrected chi connectivity index (χ0v) is 20.5. The fourth-order valence-electron chi connectivity index (χ4n) is 4.57. The number of anilines is 1. The number of fused-ring (bicyclic) bond motifs is 1. The van der Waals surface area contributed by atoms with E-state index in [1.165, 1.54) is 6.33 Å². The summed E-state index contributed by atoms with van der Waals surface area (Å²) in [6.07, 6.45) is 3.42. The molecule has 34 heavy (non-hydrogen) atoms. The lowest BCUT2D eigenvalue weighted by Crippen LogP contribution is -2.44. The number of nitriles is 1. The summed E-state index contributed by atoms with van der Waals surface area (Å²) in [5.74, 6) is 0.735. The highest BCUT2D eigenvalue weighted by Gasteiger charge is 2.28. The van der Waals surface area contributed by atoms with Crippen molar-refractivity contribution < 1.29 is 0 Å². The topological polar surface area (TPSA) is 106 Å². The lowest BCUT2D eigenvalue weighted by atomic mass is 10.1. The van der Waals surface area contributed by atoms with Crippen molar-refractivity contribution in [2.45, 2.75) is 38.9 Å². The van der Waals surface area contributed by atoms with E-state index in [1.54, 1.807) is 15.9 Å². The molecule has 10 heteroatoms. The maximum Gasteiger partial charge on any atom is 0.278 e. The molecule has 1 atom stereocenters. The lowest BCUT2D eigenvalue weighted by molar-refractivity contribution is 0.498. The first-order valence-corrected chi connectivity index (χ1v) is 11.9. The molecule has 0 radical (unpaired) electrons. The molecule has 3 aromatic heterocycles. The molecule has 4 heterocycles. The summed E-state index contributed by atoms with van der Waals surface area (Å²) in [6, 6.07) is 12.3. The van der Waals surface area contributed by atoms with Crippen LogP contribution in [0.4, 0.5) is 5.82 Å². The van der Waals surface area contributed by atoms with Crippen LogP contribution in [0.1, 0.15) is 34.7 Å². The largest absolute Gasteiger partial charge is 0.355 e. The second-order valence-corrected chi connectivity index (χ2v) is 9.53. The third-order valence-electron chi connectivity index (χ3n) is 6.05. The Hall–Kier alpha value is -3.19. The Kier molecular flexibility index (Phi) is 7.03. The Labute approximate surface area is 207 Å². The Morgan fingerprint density at radius 3 is 2.74 bits per heavy atom. The number of nitrogens with two attached hydrogens (primary N) is 1. The number of hydrogen-bond acceptors (Lipinski definition) is 7. The second-order valence-electron chi connectivity index (χ2n) is 8.46. The van der Waals surface area contributed by atoms with Gasteiger partial charge in [-0.15, -0.1) is 23.7 Å². The van der Waals surface area contributed by atoms with Gasteiger partial charge in [-0.1, -0.05) is 30.3 Å². The van der Waals surface area contributed by atoms with Gasteiger partial charge in [0.15, 0.2) is 0 Å². The monoisotopic (exact) mass is 495 g/mol. The van der Waals surface area contributed by atoms with E-state index in [-0.39, 0.29) is 24.0 Å². The van der Waals surface area contributed by atoms with Crippen LogP contribution in [0.3, 0.4) is 0 Å². The van der Waals surface area contributed by atoms with E-state index in [0.717, 1.165) is 41.5 Å². The third kappa shape index (κ3) is 4.44. The first-order valence-electron chi connectivity index (χ1n) is 11.0. The maximum atomic E-state index is 13.7. The highest BCUT2D eigenvalue weighted by atomic mass is 35.5. The Bertz CT molecular complexity index is 1400. The summed E-state index contributed by atoms with van der Waals surface area (Å²) >= 11 is 1.55. The van der Waals surface area contributed by atoms with Crippen molar-refractivity contribution >= 4 is 40.6 Å². The molecule has 0 aliphatic carbocycles. The highest BCUT2D eigenvalue weighted by molar-refractivity contribution is 7.09. The molecule has 1 saturated heterocycles. The minimum absolute atomic E-state index is 0. The van der Waals surface area contributed by atoms with E-state index in [9.17, 15) is 10.1 Å². The van der Waals surface area contributed by atoms with Gasteiger partial charge in [0.2, 0.25) is 0 Å². The normalized spacial score (nSPS) is 15.8. The Morgan fingerprint density at radius 1 is 1.26 bits per heavy atom. The van der Waals surface area contributed by atoms with E-state index in [0.29, 0.717) is 36.2 Å². The molecule has 176 valence electrons. The SMILES string of the molecule is Cc1nc(Cn2cnc3c(C#N)c(N4CCCC(N)C4)n(Cc4ccccc4)c3c2=O)cs1.Cl. The average Bonchev–Trinajstić information content (AvgIpc) is 3.37. The molecule has 0 amide bonds. The van der Waals surface area contributed by atoms with Gasteiger partial charge in [-0.25, -0.2) is 9.97 Å². The van der Waals surface area contributed by atoms with Crippen molar-refractivity contribution in [1.29, 1.82) is 5.26 Å². The van der Waals surface area contributed by atoms with Crippen LogP contribution in [0.25, 0.3) is 11.0 Å². The molecule has 1 aromatic carbocycles. The number of benzene rings is 1. The molecule has 5 rings (SSSR count). The van der Waals surface area contributed by atoms with E-state index in [1.807, 2.05) is 47.2 Å². The van der Waals surface area contributed by atoms with Gasteiger partial charge in [-0.2, -0.15) is 5.26 Å². The second kappa shape index (κ2) is 9.97. The summed E-state index contributed by atoms with van der Waals surface area (Å²) in [6.45, 7) is 4.19. The molecule has 4 aromatic rings. The van der Waals surface area contributed by atoms with E-state index in [2.05, 4.69) is 20.9 Å². The van der Waals surface area contributed by atoms with E-state index >= 15 is 0 Å². The van der Waals surface area contributed by atoms with Crippen LogP contribution in [-0.2, 0) is 13.1 Å². The number of hydrogen-bond donors (Lipinski definition) is 1. The summed E-state index contributed by atoms with van der Waals surface area (Å²) in [5, 5.41) is 13.0. The van der Waals surface area contributed by atoms with Crippen molar-refractivity contribution in [1.82, 2.24) is 19.1 Å². The highest BCUT2D eigenvalue weighted by Crippen LogP contribution is 2.32. The quantitative estimate of drug-likeness (QED) is 0.455. The summed E-state index contributed by atoms with van der Waals surface area (Å²) in [7, 11) is 0. The van der Waals surface area contributed by atoms with Crippen LogP contribution in [0, 0.1) is 18.3 Å². The minimum Gasteiger partial charge on any atom is -0.355 e. The van der Waals surface area contributed by atoms with Gasteiger partial charge in [-0.3, -0.25) is 9.36 Å². The van der Waals surface area contributed by atoms with Gasteiger partial charge < -0.3 is 15.2 Å². The van der Waals surface area contributed by atoms with Crippen molar-refractivity contribution in [2.75, 3.05) is 18.0 Å². The van der Waals surface area contributed by atoms with Gasteiger partial charge in [0, 0.05) is 31.1 Å². The maximum absolute atomic E-state index is 13.7. The smallest absolute Gasteiger partial charge is 0.278 e. The molecular weight excluding hydrogens is 470 g/mol. The summed E-state index contributed by atoms with van der Waals surface area (Å²) in [4.78, 5) is 24.9. The van der Waals surface area contributed by atoms with Crippen LogP contribution in [0.5, 0.6) is 0 Å². The number of nitrogens with zero attached hydrogens (tertiary/aromatic N) is 6. The predicted octanol–water partition coefficient (Wildman–Crippen LogP) is 3.28. The number of piperidine rings is 1. The van der Waals surface area contributed by atoms with Crippen LogP contribution in [0.2, 0.25) is 0 Å². The fourth-order valence-corrected chi connectivity index (χ4v) is 5.18. The van der Waals surface area contributed by atoms with Crippen molar-refractivity contribution in [3.63, 3.8) is 0 Å². The molecule has 1 aliphatic rings. The number of halogens is 1. The van der Waals surface area contributed by atoms with Gasteiger partial charge >= 0.3 is 0 Å². The minimum atomic E-state index is -0.175. The third-order valence-corrected chi connectivity index (χ3v) is 6.87. The van der Waals surface area contributed by atoms with E-state index in [4.69, 9.17) is 5.73 Å². The molecule has 0 bridgehead atoms. The fraction of sp³-hybridized carbons (Fsp3) is 0.333. The van der Waals surface area contributed by atoms with Crippen LogP contribution in [0.15, 0.2) is 46.8 Å². The van der Waals surface area contributed by atoms with Gasteiger partial charge in [0.25, 0.3) is 5.56 Å². The molecule has 0 spiro atoms. The first-order chi connectivity index (χ1) is 16.0. The van der Waals surface area contributed by atoms with Crippen LogP contribution < -0.4 is 16.2 Å². The number of rotatable bonds is 5. The first kappa shape index (κ1) is 24.0. The van der Waals surface area contributed by atoms with Crippen molar-refractivity contribution in [2.24, 2.45) is 5.73 Å². The van der Waals surface area contributed by atoms with Crippen molar-refractivity contribution in [3.8, 4) is 6.07 Å². The lowest BCUT2D eigenvalue weighted by Gasteiger charge is -2.33. The van der Waals surface area contributed by atoms with Gasteiger partial charge in [0.1, 0.15) is 28.5 Å². The molecular formula is C24H26ClN7OS. The van der Waals surface area contributed by atoms with Gasteiger partial charge in [-0.05, 0) is 25.3 Å². The molecule has 0 saturated carbocycles. The summed E-state index contributed by atoms with van der Waals surface area (Å²) in [5.41, 5.74) is 9.29. The standard InChI is InChI=1S/C24H25N7OS.ClH/c1-16-28-19(14-33-16)13-30-15-27-21-20(10-25)23(29-9-5-8-18(26)12-29)31(22(21)24(30)32)11-17-6-3-2-4-7-17;/h2-4,6-7,14-15,18H,5,8-9,11-13,26H2,1H3;1H. The molecule has 1 aliphatic heterocycles. The number of aromatic nitrogens is 4. The van der Waals surface area contributed by atoms with Gasteiger partial charge in [0.05, 0.1) is 23.6 Å². The molecule has 2 N–H and O–H groups in total. The molecule has 1 fully saturated rings. The Morgan fingerprint density at radius 2 is 2.06 bits per heavy atom. The van der Waals surface area contributed by atoms with Crippen LogP contribution in [-0.4, -0.2) is 38.2 Å².